The summed E-state index contributed by atoms with van der Waals surface area (Å²) in [5.41, 5.74) is 8.68. The van der Waals surface area contributed by atoms with E-state index in [-0.39, 0.29) is 5.69 Å². The Morgan fingerprint density at radius 3 is 2.77 bits per heavy atom. The van der Waals surface area contributed by atoms with Crippen molar-refractivity contribution in [3.05, 3.63) is 36.4 Å². The van der Waals surface area contributed by atoms with E-state index in [2.05, 4.69) is 15.2 Å². The highest BCUT2D eigenvalue weighted by Gasteiger charge is 2.19. The van der Waals surface area contributed by atoms with Crippen molar-refractivity contribution >= 4 is 16.8 Å². The summed E-state index contributed by atoms with van der Waals surface area (Å²) in [6.07, 6.45) is 5.38. The molecule has 4 aromatic rings. The minimum atomic E-state index is -0.590. The molecule has 9 heteroatoms. The van der Waals surface area contributed by atoms with Crippen LogP contribution in [0.2, 0.25) is 0 Å². The van der Waals surface area contributed by atoms with Crippen molar-refractivity contribution in [2.24, 2.45) is 19.8 Å². The van der Waals surface area contributed by atoms with Crippen LogP contribution in [0.4, 0.5) is 0 Å². The van der Waals surface area contributed by atoms with Gasteiger partial charge in [0.2, 0.25) is 0 Å². The summed E-state index contributed by atoms with van der Waals surface area (Å²) in [6.45, 7) is 2.77. The van der Waals surface area contributed by atoms with E-state index in [1.54, 1.807) is 30.2 Å². The third-order valence-corrected chi connectivity index (χ3v) is 4.36. The number of nitrogens with zero attached hydrogens (tertiary/aromatic N) is 7. The van der Waals surface area contributed by atoms with Crippen molar-refractivity contribution in [3.8, 4) is 22.9 Å². The Hall–Kier alpha value is -3.49. The second-order valence-electron chi connectivity index (χ2n) is 6.01. The van der Waals surface area contributed by atoms with Crippen molar-refractivity contribution in [1.29, 1.82) is 0 Å². The monoisotopic (exact) mass is 350 g/mol. The summed E-state index contributed by atoms with van der Waals surface area (Å²) < 4.78 is 5.43. The highest BCUT2D eigenvalue weighted by Crippen LogP contribution is 2.29. The number of carbonyl (C=O) groups is 1. The van der Waals surface area contributed by atoms with Crippen LogP contribution in [0.5, 0.6) is 0 Å². The number of aromatic nitrogens is 7. The van der Waals surface area contributed by atoms with Gasteiger partial charge in [-0.1, -0.05) is 0 Å². The second kappa shape index (κ2) is 5.80. The van der Waals surface area contributed by atoms with Gasteiger partial charge in [0.05, 0.1) is 17.4 Å². The molecule has 0 saturated heterocycles. The molecule has 0 saturated carbocycles. The van der Waals surface area contributed by atoms with Crippen molar-refractivity contribution in [3.63, 3.8) is 0 Å². The standard InChI is InChI=1S/C17H18N8O/c1-4-25-13(5-6-19-25)12-9-23(2)17(22-12)15-10-8-20-24(3)14(10)7-11(21-15)16(18)26/h5-9H,4H2,1-3H3,(H2,18,26). The molecule has 26 heavy (non-hydrogen) atoms. The molecule has 0 atom stereocenters. The van der Waals surface area contributed by atoms with Gasteiger partial charge in [-0.25, -0.2) is 9.97 Å². The average Bonchev–Trinajstić information content (AvgIpc) is 3.32. The molecule has 1 amide bonds. The number of carbonyl (C=O) groups excluding carboxylic acids is 1. The molecule has 0 radical (unpaired) electrons. The first-order valence-electron chi connectivity index (χ1n) is 8.18. The quantitative estimate of drug-likeness (QED) is 0.597. The molecule has 0 aliphatic rings. The van der Waals surface area contributed by atoms with Crippen molar-refractivity contribution in [2.75, 3.05) is 0 Å². The van der Waals surface area contributed by atoms with Crippen LogP contribution in [0.3, 0.4) is 0 Å². The SMILES string of the molecule is CCn1nccc1-c1cn(C)c(-c2nc(C(N)=O)cc3c2cnn3C)n1. The van der Waals surface area contributed by atoms with Gasteiger partial charge in [-0.3, -0.25) is 14.2 Å². The largest absolute Gasteiger partial charge is 0.364 e. The summed E-state index contributed by atoms with van der Waals surface area (Å²) >= 11 is 0. The molecular formula is C17H18N8O. The molecule has 4 rings (SSSR count). The Morgan fingerprint density at radius 2 is 2.04 bits per heavy atom. The average molecular weight is 350 g/mol. The van der Waals surface area contributed by atoms with Crippen LogP contribution < -0.4 is 5.73 Å². The number of primary amides is 1. The van der Waals surface area contributed by atoms with Crippen LogP contribution in [-0.2, 0) is 20.6 Å². The van der Waals surface area contributed by atoms with Crippen LogP contribution in [-0.4, -0.2) is 40.0 Å². The van der Waals surface area contributed by atoms with Crippen LogP contribution in [0.1, 0.15) is 17.4 Å². The zero-order chi connectivity index (χ0) is 18.4. The van der Waals surface area contributed by atoms with Crippen molar-refractivity contribution < 1.29 is 4.79 Å². The van der Waals surface area contributed by atoms with Crippen LogP contribution >= 0.6 is 0 Å². The van der Waals surface area contributed by atoms with Gasteiger partial charge >= 0.3 is 0 Å². The number of hydrogen-bond acceptors (Lipinski definition) is 5. The van der Waals surface area contributed by atoms with E-state index >= 15 is 0 Å². The Balaban J connectivity index is 1.95. The summed E-state index contributed by atoms with van der Waals surface area (Å²) in [4.78, 5) is 20.9. The van der Waals surface area contributed by atoms with Crippen molar-refractivity contribution in [1.82, 2.24) is 34.1 Å². The van der Waals surface area contributed by atoms with E-state index in [0.717, 1.165) is 28.8 Å². The highest BCUT2D eigenvalue weighted by molar-refractivity contribution is 5.99. The maximum Gasteiger partial charge on any atom is 0.267 e. The Labute approximate surface area is 149 Å². The minimum Gasteiger partial charge on any atom is -0.364 e. The predicted octanol–water partition coefficient (Wildman–Crippen LogP) is 1.35. The van der Waals surface area contributed by atoms with Gasteiger partial charge in [0.1, 0.15) is 17.1 Å². The fourth-order valence-corrected chi connectivity index (χ4v) is 3.05. The molecule has 0 aliphatic heterocycles. The van der Waals surface area contributed by atoms with E-state index in [9.17, 15) is 4.79 Å². The summed E-state index contributed by atoms with van der Waals surface area (Å²) in [7, 11) is 3.69. The number of pyridine rings is 1. The van der Waals surface area contributed by atoms with Gasteiger partial charge in [-0.05, 0) is 19.1 Å². The molecule has 0 aliphatic carbocycles. The smallest absolute Gasteiger partial charge is 0.267 e. The zero-order valence-corrected chi connectivity index (χ0v) is 14.7. The molecule has 0 spiro atoms. The maximum absolute atomic E-state index is 11.7. The van der Waals surface area contributed by atoms with Gasteiger partial charge in [-0.2, -0.15) is 10.2 Å². The third-order valence-electron chi connectivity index (χ3n) is 4.36. The lowest BCUT2D eigenvalue weighted by atomic mass is 10.2. The highest BCUT2D eigenvalue weighted by atomic mass is 16.1. The second-order valence-corrected chi connectivity index (χ2v) is 6.01. The van der Waals surface area contributed by atoms with Gasteiger partial charge in [-0.15, -0.1) is 0 Å². The van der Waals surface area contributed by atoms with Gasteiger partial charge in [0.25, 0.3) is 5.91 Å². The van der Waals surface area contributed by atoms with E-state index in [4.69, 9.17) is 10.7 Å². The molecule has 9 nitrogen and oxygen atoms in total. The summed E-state index contributed by atoms with van der Waals surface area (Å²) in [5.74, 6) is 0.0396. The lowest BCUT2D eigenvalue weighted by molar-refractivity contribution is 0.0996. The number of rotatable bonds is 4. The van der Waals surface area contributed by atoms with E-state index in [1.807, 2.05) is 35.5 Å². The van der Waals surface area contributed by atoms with Gasteiger partial charge in [0.15, 0.2) is 5.82 Å². The topological polar surface area (TPSA) is 109 Å². The maximum atomic E-state index is 11.7. The summed E-state index contributed by atoms with van der Waals surface area (Å²) in [6, 6.07) is 3.56. The number of hydrogen-bond donors (Lipinski definition) is 1. The normalized spacial score (nSPS) is 11.3. The van der Waals surface area contributed by atoms with Crippen LogP contribution in [0.25, 0.3) is 33.8 Å². The van der Waals surface area contributed by atoms with E-state index < -0.39 is 5.91 Å². The zero-order valence-electron chi connectivity index (χ0n) is 14.7. The fraction of sp³-hybridized carbons (Fsp3) is 0.235. The molecule has 0 unspecified atom stereocenters. The molecule has 132 valence electrons. The number of aryl methyl sites for hydroxylation is 3. The van der Waals surface area contributed by atoms with Crippen molar-refractivity contribution in [2.45, 2.75) is 13.5 Å². The minimum absolute atomic E-state index is 0.180. The Kier molecular flexibility index (Phi) is 3.57. The third kappa shape index (κ3) is 2.36. The number of imidazole rings is 1. The molecule has 4 aromatic heterocycles. The molecule has 0 bridgehead atoms. The summed E-state index contributed by atoms with van der Waals surface area (Å²) in [5, 5.41) is 9.37. The van der Waals surface area contributed by atoms with Gasteiger partial charge < -0.3 is 10.3 Å². The van der Waals surface area contributed by atoms with Gasteiger partial charge in [0, 0.05) is 38.4 Å². The number of fused-ring (bicyclic) bond motifs is 1. The predicted molar refractivity (Wildman–Crippen MR) is 96.1 cm³/mol. The fourth-order valence-electron chi connectivity index (χ4n) is 3.05. The molecule has 4 heterocycles. The van der Waals surface area contributed by atoms with Crippen LogP contribution in [0.15, 0.2) is 30.7 Å². The Morgan fingerprint density at radius 1 is 1.23 bits per heavy atom. The molecule has 0 fully saturated rings. The lowest BCUT2D eigenvalue weighted by Gasteiger charge is -2.05. The molecule has 2 N–H and O–H groups in total. The first kappa shape index (κ1) is 16.0. The Bertz CT molecular complexity index is 1130. The number of nitrogens with two attached hydrogens (primary N) is 1. The first-order chi connectivity index (χ1) is 12.5. The number of amides is 1. The van der Waals surface area contributed by atoms with E-state index in [1.165, 1.54) is 0 Å². The van der Waals surface area contributed by atoms with Crippen LogP contribution in [0, 0.1) is 0 Å². The first-order valence-corrected chi connectivity index (χ1v) is 8.18. The molecule has 0 aromatic carbocycles. The molecular weight excluding hydrogens is 332 g/mol. The lowest BCUT2D eigenvalue weighted by Crippen LogP contribution is -2.14. The van der Waals surface area contributed by atoms with E-state index in [0.29, 0.717) is 11.5 Å².